The topological polar surface area (TPSA) is 124 Å². The molecule has 4 heterocycles. The Labute approximate surface area is 325 Å². The fraction of sp³-hybridized carbons (Fsp3) is 0.273. The van der Waals surface area contributed by atoms with Crippen molar-refractivity contribution in [2.45, 2.75) is 38.3 Å². The van der Waals surface area contributed by atoms with Gasteiger partial charge in [-0.3, -0.25) is 19.6 Å². The molecule has 1 N–H and O–H groups in total. The summed E-state index contributed by atoms with van der Waals surface area (Å²) in [6.07, 6.45) is 9.32. The number of hydrogen-bond donors (Lipinski definition) is 1. The highest BCUT2D eigenvalue weighted by molar-refractivity contribution is 6.06. The van der Waals surface area contributed by atoms with Crippen LogP contribution < -0.4 is 29.0 Å². The molecule has 0 fully saturated rings. The van der Waals surface area contributed by atoms with Crippen LogP contribution in [-0.4, -0.2) is 87.2 Å². The van der Waals surface area contributed by atoms with Gasteiger partial charge in [0.2, 0.25) is 0 Å². The highest BCUT2D eigenvalue weighted by atomic mass is 16.5. The molecule has 12 heteroatoms. The van der Waals surface area contributed by atoms with Crippen LogP contribution in [0, 0.1) is 0 Å². The molecule has 4 aromatic carbocycles. The Balaban J connectivity index is 0.901. The summed E-state index contributed by atoms with van der Waals surface area (Å²) >= 11 is 0. The molecule has 4 aliphatic heterocycles. The van der Waals surface area contributed by atoms with Crippen molar-refractivity contribution in [3.63, 3.8) is 0 Å². The summed E-state index contributed by atoms with van der Waals surface area (Å²) in [6, 6.07) is 22.6. The number of hydrogen-bond acceptors (Lipinski definition) is 10. The van der Waals surface area contributed by atoms with Crippen molar-refractivity contribution in [1.82, 2.24) is 9.80 Å². The molecule has 0 radical (unpaired) electrons. The van der Waals surface area contributed by atoms with Gasteiger partial charge in [0.25, 0.3) is 11.8 Å². The van der Waals surface area contributed by atoms with E-state index in [1.807, 2.05) is 49.1 Å². The maximum atomic E-state index is 13.8. The van der Waals surface area contributed by atoms with Crippen LogP contribution in [0.5, 0.6) is 28.7 Å². The Morgan fingerprint density at radius 3 is 1.57 bits per heavy atom. The van der Waals surface area contributed by atoms with Crippen LogP contribution in [0.1, 0.15) is 58.0 Å². The van der Waals surface area contributed by atoms with Gasteiger partial charge in [-0.25, -0.2) is 0 Å². The molecule has 12 nitrogen and oxygen atoms in total. The van der Waals surface area contributed by atoms with Gasteiger partial charge in [0.1, 0.15) is 5.75 Å². The van der Waals surface area contributed by atoms with E-state index in [9.17, 15) is 9.59 Å². The monoisotopic (exact) mass is 753 g/mol. The predicted octanol–water partition coefficient (Wildman–Crippen LogP) is 7.94. The van der Waals surface area contributed by atoms with E-state index in [2.05, 4.69) is 36.5 Å². The number of benzene rings is 4. The second-order valence-electron chi connectivity index (χ2n) is 13.8. The number of carbonyl (C=O) groups is 2. The summed E-state index contributed by atoms with van der Waals surface area (Å²) in [4.78, 5) is 40.5. The molecule has 2 atom stereocenters. The summed E-state index contributed by atoms with van der Waals surface area (Å²) in [5.41, 5.74) is 7.23. The molecule has 0 saturated carbocycles. The van der Waals surface area contributed by atoms with Gasteiger partial charge in [0, 0.05) is 68.5 Å². The van der Waals surface area contributed by atoms with Crippen molar-refractivity contribution in [3.05, 3.63) is 107 Å². The average Bonchev–Trinajstić information content (AvgIpc) is 3.81. The summed E-state index contributed by atoms with van der Waals surface area (Å²) < 4.78 is 28.9. The van der Waals surface area contributed by atoms with Crippen LogP contribution in [0.3, 0.4) is 0 Å². The first-order chi connectivity index (χ1) is 27.4. The van der Waals surface area contributed by atoms with E-state index >= 15 is 0 Å². The first kappa shape index (κ1) is 36.4. The Morgan fingerprint density at radius 1 is 0.643 bits per heavy atom. The van der Waals surface area contributed by atoms with E-state index in [4.69, 9.17) is 33.7 Å². The van der Waals surface area contributed by atoms with Crippen LogP contribution in [-0.2, 0) is 0 Å². The quantitative estimate of drug-likeness (QED) is 0.137. The van der Waals surface area contributed by atoms with Gasteiger partial charge in [-0.2, -0.15) is 0 Å². The highest BCUT2D eigenvalue weighted by Crippen LogP contribution is 2.42. The number of carbonyl (C=O) groups excluding carboxylic acids is 2. The van der Waals surface area contributed by atoms with Gasteiger partial charge >= 0.3 is 0 Å². The van der Waals surface area contributed by atoms with Gasteiger partial charge in [-0.1, -0.05) is 24.3 Å². The maximum absolute atomic E-state index is 13.8. The van der Waals surface area contributed by atoms with E-state index in [-0.39, 0.29) is 23.9 Å². The molecule has 0 saturated heterocycles. The van der Waals surface area contributed by atoms with Crippen molar-refractivity contribution < 1.29 is 33.3 Å². The minimum atomic E-state index is -0.202. The zero-order chi connectivity index (χ0) is 38.8. The molecule has 8 rings (SSSR count). The molecule has 1 unspecified atom stereocenters. The van der Waals surface area contributed by atoms with Crippen molar-refractivity contribution in [2.75, 3.05) is 46.4 Å². The smallest absolute Gasteiger partial charge is 0.260 e. The molecular weight excluding hydrogens is 711 g/mol. The lowest BCUT2D eigenvalue weighted by Gasteiger charge is -2.19. The first-order valence-corrected chi connectivity index (χ1v) is 18.7. The zero-order valence-electron chi connectivity index (χ0n) is 31.8. The summed E-state index contributed by atoms with van der Waals surface area (Å²) in [5, 5.41) is 3.31. The van der Waals surface area contributed by atoms with Crippen molar-refractivity contribution in [1.29, 1.82) is 0 Å². The molecular formula is C44H43N5O7. The number of ether oxygens (including phenoxy) is 5. The zero-order valence-corrected chi connectivity index (χ0v) is 31.8. The highest BCUT2D eigenvalue weighted by Gasteiger charge is 2.35. The second kappa shape index (κ2) is 15.7. The molecule has 0 spiro atoms. The summed E-state index contributed by atoms with van der Waals surface area (Å²) in [5.74, 6) is 2.32. The minimum Gasteiger partial charge on any atom is -0.497 e. The van der Waals surface area contributed by atoms with Crippen LogP contribution in [0.2, 0.25) is 0 Å². The number of rotatable bonds is 13. The standard InChI is InChI=1S/C44H43N5O7/c1-5-45-31-11-7-27(8-12-31)29-17-32-23-46-37-21-41(39(53-3)19-35(37)43(50)48(32)25-29)55-15-6-16-56-42-22-38-36(20-40(42)54-4)44(51)49-26-30(18-33(49)24-47-38)28-9-13-34(52-2)14-10-28/h7-14,19-26,32-33,45H,5-6,15-18H2,1-4H3/t32?,33-/m0/s1. The van der Waals surface area contributed by atoms with Crippen LogP contribution in [0.4, 0.5) is 17.1 Å². The number of aliphatic imine (C=N–C) groups is 2. The number of nitrogens with zero attached hydrogens (tertiary/aromatic N) is 4. The molecule has 286 valence electrons. The van der Waals surface area contributed by atoms with Gasteiger partial charge in [-0.15, -0.1) is 0 Å². The van der Waals surface area contributed by atoms with Gasteiger partial charge in [-0.05, 0) is 65.6 Å². The lowest BCUT2D eigenvalue weighted by Crippen LogP contribution is -2.32. The first-order valence-electron chi connectivity index (χ1n) is 18.7. The molecule has 0 aliphatic carbocycles. The third kappa shape index (κ3) is 7.05. The number of amides is 2. The van der Waals surface area contributed by atoms with E-state index < -0.39 is 0 Å². The van der Waals surface area contributed by atoms with E-state index in [0.29, 0.717) is 78.0 Å². The predicted molar refractivity (Wildman–Crippen MR) is 217 cm³/mol. The minimum absolute atomic E-state index is 0.143. The fourth-order valence-corrected chi connectivity index (χ4v) is 7.38. The Morgan fingerprint density at radius 2 is 1.12 bits per heavy atom. The largest absolute Gasteiger partial charge is 0.497 e. The van der Waals surface area contributed by atoms with Gasteiger partial charge in [0.05, 0.1) is 69.1 Å². The summed E-state index contributed by atoms with van der Waals surface area (Å²) in [7, 11) is 4.73. The van der Waals surface area contributed by atoms with Crippen LogP contribution >= 0.6 is 0 Å². The number of fused-ring (bicyclic) bond motifs is 4. The lowest BCUT2D eigenvalue weighted by atomic mass is 10.0. The number of methoxy groups -OCH3 is 3. The van der Waals surface area contributed by atoms with Crippen molar-refractivity contribution >= 4 is 52.5 Å². The Kier molecular flexibility index (Phi) is 10.2. The molecule has 0 bridgehead atoms. The molecule has 4 aliphatic rings. The third-order valence-electron chi connectivity index (χ3n) is 10.3. The van der Waals surface area contributed by atoms with Gasteiger partial charge < -0.3 is 38.8 Å². The SMILES string of the molecule is CCNc1ccc(C2=CN3C(=O)c4cc(OC)c(OCCCOc5cc6c(cc5OC)C(=O)N5C=C(c7ccc(OC)cc7)C[C@H]5C=N6)cc4N=CC3C2)cc1. The van der Waals surface area contributed by atoms with Crippen molar-refractivity contribution in [2.24, 2.45) is 9.98 Å². The lowest BCUT2D eigenvalue weighted by molar-refractivity contribution is 0.0809. The molecule has 4 aromatic rings. The Bertz CT molecular complexity index is 2280. The van der Waals surface area contributed by atoms with E-state index in [0.717, 1.165) is 40.3 Å². The van der Waals surface area contributed by atoms with Crippen LogP contribution in [0.25, 0.3) is 11.1 Å². The summed E-state index contributed by atoms with van der Waals surface area (Å²) in [6.45, 7) is 3.54. The average molecular weight is 754 g/mol. The Hall–Kier alpha value is -6.56. The normalized spacial score (nSPS) is 17.9. The number of nitrogens with one attached hydrogen (secondary N) is 1. The third-order valence-corrected chi connectivity index (χ3v) is 10.3. The van der Waals surface area contributed by atoms with E-state index in [1.54, 1.807) is 55.4 Å². The van der Waals surface area contributed by atoms with Crippen molar-refractivity contribution in [3.8, 4) is 28.7 Å². The second-order valence-corrected chi connectivity index (χ2v) is 13.8. The van der Waals surface area contributed by atoms with Gasteiger partial charge in [0.15, 0.2) is 23.0 Å². The maximum Gasteiger partial charge on any atom is 0.260 e. The van der Waals surface area contributed by atoms with Crippen LogP contribution in [0.15, 0.2) is 95.2 Å². The number of anilines is 1. The molecule has 56 heavy (non-hydrogen) atoms. The molecule has 2 amide bonds. The fourth-order valence-electron chi connectivity index (χ4n) is 7.38. The molecule has 0 aromatic heterocycles. The van der Waals surface area contributed by atoms with E-state index in [1.165, 1.54) is 0 Å².